The van der Waals surface area contributed by atoms with Gasteiger partial charge in [-0.2, -0.15) is 0 Å². The summed E-state index contributed by atoms with van der Waals surface area (Å²) < 4.78 is 24.4. The van der Waals surface area contributed by atoms with Gasteiger partial charge in [0.2, 0.25) is 10.0 Å². The molecule has 0 saturated carbocycles. The fourth-order valence-electron chi connectivity index (χ4n) is 1.90. The number of sulfonamides is 1. The van der Waals surface area contributed by atoms with Gasteiger partial charge in [-0.15, -0.1) is 0 Å². The summed E-state index contributed by atoms with van der Waals surface area (Å²) >= 11 is 0. The number of carbonyl (C=O) groups excluding carboxylic acids is 1. The van der Waals surface area contributed by atoms with Gasteiger partial charge in [0.05, 0.1) is 17.5 Å². The quantitative estimate of drug-likeness (QED) is 0.903. The second-order valence-corrected chi connectivity index (χ2v) is 6.81. The average Bonchev–Trinajstić information content (AvgIpc) is 2.52. The summed E-state index contributed by atoms with van der Waals surface area (Å²) in [4.78, 5) is 16.3. The molecular weight excluding hydrogens is 302 g/mol. The Kier molecular flexibility index (Phi) is 4.77. The molecule has 0 saturated heterocycles. The summed E-state index contributed by atoms with van der Waals surface area (Å²) in [5, 5.41) is 2.76. The van der Waals surface area contributed by atoms with E-state index >= 15 is 0 Å². The first-order chi connectivity index (χ1) is 10.4. The zero-order valence-electron chi connectivity index (χ0n) is 12.4. The van der Waals surface area contributed by atoms with Crippen LogP contribution >= 0.6 is 0 Å². The van der Waals surface area contributed by atoms with Crippen LogP contribution in [0.1, 0.15) is 15.9 Å². The zero-order chi connectivity index (χ0) is 16.2. The van der Waals surface area contributed by atoms with Crippen molar-refractivity contribution < 1.29 is 13.2 Å². The van der Waals surface area contributed by atoms with Crippen LogP contribution in [-0.2, 0) is 16.6 Å². The van der Waals surface area contributed by atoms with Crippen LogP contribution in [0.3, 0.4) is 0 Å². The number of anilines is 1. The lowest BCUT2D eigenvalue weighted by molar-refractivity contribution is 0.0951. The Morgan fingerprint density at radius 3 is 2.59 bits per heavy atom. The normalized spacial score (nSPS) is 11.0. The largest absolute Gasteiger partial charge is 0.348 e. The van der Waals surface area contributed by atoms with E-state index in [4.69, 9.17) is 0 Å². The van der Waals surface area contributed by atoms with E-state index < -0.39 is 10.0 Å². The molecule has 1 aromatic carbocycles. The van der Waals surface area contributed by atoms with Crippen molar-refractivity contribution in [2.45, 2.75) is 6.54 Å². The van der Waals surface area contributed by atoms with E-state index in [1.54, 1.807) is 42.7 Å². The van der Waals surface area contributed by atoms with Crippen molar-refractivity contribution in [3.63, 3.8) is 0 Å². The summed E-state index contributed by atoms with van der Waals surface area (Å²) in [6, 6.07) is 10.2. The van der Waals surface area contributed by atoms with Crippen molar-refractivity contribution >= 4 is 21.6 Å². The van der Waals surface area contributed by atoms with Crippen LogP contribution in [0.4, 0.5) is 5.69 Å². The van der Waals surface area contributed by atoms with E-state index in [-0.39, 0.29) is 5.91 Å². The molecule has 7 heteroatoms. The van der Waals surface area contributed by atoms with Gasteiger partial charge in [-0.05, 0) is 23.8 Å². The molecule has 2 aromatic rings. The summed E-state index contributed by atoms with van der Waals surface area (Å²) in [5.41, 5.74) is 1.51. The SMILES string of the molecule is CN(c1ccccc1C(=O)NCc1cccnc1)S(C)(=O)=O. The van der Waals surface area contributed by atoms with Crippen LogP contribution in [0.15, 0.2) is 48.8 Å². The van der Waals surface area contributed by atoms with Crippen molar-refractivity contribution in [3.8, 4) is 0 Å². The number of hydrogen-bond acceptors (Lipinski definition) is 4. The molecule has 0 atom stereocenters. The van der Waals surface area contributed by atoms with Crippen molar-refractivity contribution in [1.82, 2.24) is 10.3 Å². The predicted octanol–water partition coefficient (Wildman–Crippen LogP) is 1.41. The van der Waals surface area contributed by atoms with Gasteiger partial charge in [0.15, 0.2) is 0 Å². The highest BCUT2D eigenvalue weighted by Gasteiger charge is 2.19. The maximum Gasteiger partial charge on any atom is 0.253 e. The predicted molar refractivity (Wildman–Crippen MR) is 85.1 cm³/mol. The fraction of sp³-hybridized carbons (Fsp3) is 0.200. The van der Waals surface area contributed by atoms with E-state index in [1.807, 2.05) is 6.07 Å². The standard InChI is InChI=1S/C15H17N3O3S/c1-18(22(2,20)21)14-8-4-3-7-13(14)15(19)17-11-12-6-5-9-16-10-12/h3-10H,11H2,1-2H3,(H,17,19). The molecule has 0 unspecified atom stereocenters. The van der Waals surface area contributed by atoms with Gasteiger partial charge in [-0.3, -0.25) is 14.1 Å². The Morgan fingerprint density at radius 1 is 1.23 bits per heavy atom. The molecule has 6 nitrogen and oxygen atoms in total. The number of aromatic nitrogens is 1. The van der Waals surface area contributed by atoms with Crippen LogP contribution in [0.5, 0.6) is 0 Å². The van der Waals surface area contributed by atoms with E-state index in [0.717, 1.165) is 16.1 Å². The van der Waals surface area contributed by atoms with Crippen molar-refractivity contribution in [2.24, 2.45) is 0 Å². The minimum absolute atomic E-state index is 0.305. The Bertz CT molecular complexity index is 761. The van der Waals surface area contributed by atoms with Crippen LogP contribution in [0.2, 0.25) is 0 Å². The highest BCUT2D eigenvalue weighted by atomic mass is 32.2. The monoisotopic (exact) mass is 319 g/mol. The molecule has 0 spiro atoms. The Morgan fingerprint density at radius 2 is 1.95 bits per heavy atom. The Labute approximate surface area is 129 Å². The van der Waals surface area contributed by atoms with Crippen LogP contribution < -0.4 is 9.62 Å². The first kappa shape index (κ1) is 16.0. The third kappa shape index (κ3) is 3.82. The molecule has 1 aromatic heterocycles. The number of benzene rings is 1. The molecule has 22 heavy (non-hydrogen) atoms. The lowest BCUT2D eigenvalue weighted by Gasteiger charge is -2.19. The molecule has 0 bridgehead atoms. The van der Waals surface area contributed by atoms with Gasteiger partial charge < -0.3 is 5.32 Å². The molecular formula is C15H17N3O3S. The molecule has 0 fully saturated rings. The summed E-state index contributed by atoms with van der Waals surface area (Å²) in [7, 11) is -2.02. The first-order valence-corrected chi connectivity index (χ1v) is 8.44. The fourth-order valence-corrected chi connectivity index (χ4v) is 2.42. The maximum absolute atomic E-state index is 12.3. The van der Waals surface area contributed by atoms with Crippen molar-refractivity contribution in [3.05, 3.63) is 59.9 Å². The first-order valence-electron chi connectivity index (χ1n) is 6.59. The zero-order valence-corrected chi connectivity index (χ0v) is 13.2. The minimum atomic E-state index is -3.44. The summed E-state index contributed by atoms with van der Waals surface area (Å²) in [6.07, 6.45) is 4.41. The third-order valence-corrected chi connectivity index (χ3v) is 4.35. The molecule has 1 heterocycles. The van der Waals surface area contributed by atoms with Gasteiger partial charge in [0, 0.05) is 26.0 Å². The van der Waals surface area contributed by atoms with Crippen molar-refractivity contribution in [2.75, 3.05) is 17.6 Å². The van der Waals surface area contributed by atoms with Gasteiger partial charge in [-0.1, -0.05) is 18.2 Å². The molecule has 0 aliphatic carbocycles. The minimum Gasteiger partial charge on any atom is -0.348 e. The Balaban J connectivity index is 2.20. The lowest BCUT2D eigenvalue weighted by Crippen LogP contribution is -2.29. The summed E-state index contributed by atoms with van der Waals surface area (Å²) in [6.45, 7) is 0.323. The van der Waals surface area contributed by atoms with Crippen LogP contribution in [0, 0.1) is 0 Å². The van der Waals surface area contributed by atoms with Crippen molar-refractivity contribution in [1.29, 1.82) is 0 Å². The van der Waals surface area contributed by atoms with Gasteiger partial charge in [0.1, 0.15) is 0 Å². The molecule has 116 valence electrons. The smallest absolute Gasteiger partial charge is 0.253 e. The molecule has 0 aliphatic rings. The Hall–Kier alpha value is -2.41. The lowest BCUT2D eigenvalue weighted by atomic mass is 10.1. The number of carbonyl (C=O) groups is 1. The topological polar surface area (TPSA) is 79.4 Å². The number of nitrogens with one attached hydrogen (secondary N) is 1. The molecule has 0 radical (unpaired) electrons. The average molecular weight is 319 g/mol. The molecule has 2 rings (SSSR count). The highest BCUT2D eigenvalue weighted by molar-refractivity contribution is 7.92. The van der Waals surface area contributed by atoms with Crippen LogP contribution in [0.25, 0.3) is 0 Å². The van der Waals surface area contributed by atoms with Crippen LogP contribution in [-0.4, -0.2) is 32.6 Å². The molecule has 1 N–H and O–H groups in total. The molecule has 0 aliphatic heterocycles. The van der Waals surface area contributed by atoms with E-state index in [0.29, 0.717) is 17.8 Å². The number of hydrogen-bond donors (Lipinski definition) is 1. The number of pyridine rings is 1. The van der Waals surface area contributed by atoms with Gasteiger partial charge in [0.25, 0.3) is 5.91 Å². The van der Waals surface area contributed by atoms with Gasteiger partial charge in [-0.25, -0.2) is 8.42 Å². The second-order valence-electron chi connectivity index (χ2n) is 4.79. The maximum atomic E-state index is 12.3. The highest BCUT2D eigenvalue weighted by Crippen LogP contribution is 2.21. The number of amides is 1. The van der Waals surface area contributed by atoms with Gasteiger partial charge >= 0.3 is 0 Å². The third-order valence-electron chi connectivity index (χ3n) is 3.16. The number of nitrogens with zero attached hydrogens (tertiary/aromatic N) is 2. The number of rotatable bonds is 5. The van der Waals surface area contributed by atoms with E-state index in [9.17, 15) is 13.2 Å². The number of para-hydroxylation sites is 1. The summed E-state index contributed by atoms with van der Waals surface area (Å²) in [5.74, 6) is -0.338. The van der Waals surface area contributed by atoms with E-state index in [1.165, 1.54) is 7.05 Å². The van der Waals surface area contributed by atoms with E-state index in [2.05, 4.69) is 10.3 Å². The molecule has 1 amide bonds. The second kappa shape index (κ2) is 6.57.